The van der Waals surface area contributed by atoms with Gasteiger partial charge in [-0.2, -0.15) is 0 Å². The molecule has 1 N–H and O–H groups in total. The fourth-order valence-electron chi connectivity index (χ4n) is 2.88. The molecule has 106 valence electrons. The van der Waals surface area contributed by atoms with E-state index in [4.69, 9.17) is 4.98 Å². The minimum absolute atomic E-state index is 0.619. The summed E-state index contributed by atoms with van der Waals surface area (Å²) in [6.07, 6.45) is 7.33. The molecule has 1 fully saturated rings. The maximum atomic E-state index is 4.73. The summed E-state index contributed by atoms with van der Waals surface area (Å²) < 4.78 is 0. The van der Waals surface area contributed by atoms with Gasteiger partial charge >= 0.3 is 0 Å². The molecule has 1 aliphatic rings. The Labute approximate surface area is 117 Å². The second-order valence-electron chi connectivity index (χ2n) is 5.66. The van der Waals surface area contributed by atoms with Gasteiger partial charge in [0.25, 0.3) is 0 Å². The molecule has 3 nitrogen and oxygen atoms in total. The predicted octanol–water partition coefficient (Wildman–Crippen LogP) is 3.27. The van der Waals surface area contributed by atoms with E-state index in [1.807, 2.05) is 6.20 Å². The molecule has 1 aliphatic heterocycles. The highest BCUT2D eigenvalue weighted by Gasteiger charge is 2.19. The Balaban J connectivity index is 2.14. The summed E-state index contributed by atoms with van der Waals surface area (Å²) >= 11 is 0. The van der Waals surface area contributed by atoms with Crippen molar-refractivity contribution in [2.75, 3.05) is 18.0 Å². The maximum absolute atomic E-state index is 4.73. The zero-order valence-electron chi connectivity index (χ0n) is 12.6. The highest BCUT2D eigenvalue weighted by molar-refractivity contribution is 5.48. The molecule has 0 saturated carbocycles. The molecule has 0 bridgehead atoms. The van der Waals surface area contributed by atoms with Crippen molar-refractivity contribution in [2.45, 2.75) is 59.0 Å². The summed E-state index contributed by atoms with van der Waals surface area (Å²) in [5.74, 6) is 1.19. The second-order valence-corrected chi connectivity index (χ2v) is 5.66. The largest absolute Gasteiger partial charge is 0.354 e. The Morgan fingerprint density at radius 3 is 2.95 bits per heavy atom. The molecule has 0 aliphatic carbocycles. The van der Waals surface area contributed by atoms with Crippen LogP contribution >= 0.6 is 0 Å². The van der Waals surface area contributed by atoms with Gasteiger partial charge in [-0.25, -0.2) is 4.98 Å². The van der Waals surface area contributed by atoms with E-state index in [-0.39, 0.29) is 0 Å². The highest BCUT2D eigenvalue weighted by Crippen LogP contribution is 2.25. The van der Waals surface area contributed by atoms with E-state index in [0.29, 0.717) is 6.04 Å². The number of rotatable bonds is 4. The zero-order valence-corrected chi connectivity index (χ0v) is 12.6. The van der Waals surface area contributed by atoms with Crippen molar-refractivity contribution >= 4 is 5.82 Å². The molecule has 0 spiro atoms. The van der Waals surface area contributed by atoms with Gasteiger partial charge in [-0.1, -0.05) is 19.8 Å². The summed E-state index contributed by atoms with van der Waals surface area (Å²) in [7, 11) is 0. The van der Waals surface area contributed by atoms with Gasteiger partial charge in [0.05, 0.1) is 0 Å². The Morgan fingerprint density at radius 2 is 2.21 bits per heavy atom. The normalized spacial score (nSPS) is 20.4. The highest BCUT2D eigenvalue weighted by atomic mass is 15.2. The molecule has 0 radical (unpaired) electrons. The summed E-state index contributed by atoms with van der Waals surface area (Å²) in [6, 6.07) is 2.90. The molecule has 19 heavy (non-hydrogen) atoms. The van der Waals surface area contributed by atoms with Gasteiger partial charge in [0.1, 0.15) is 5.82 Å². The van der Waals surface area contributed by atoms with Gasteiger partial charge in [0.15, 0.2) is 0 Å². The van der Waals surface area contributed by atoms with Crippen LogP contribution in [0.4, 0.5) is 5.82 Å². The first-order valence-electron chi connectivity index (χ1n) is 7.65. The molecule has 3 heteroatoms. The molecule has 2 rings (SSSR count). The average Bonchev–Trinajstić information content (AvgIpc) is 2.61. The Bertz CT molecular complexity index is 403. The molecule has 1 saturated heterocycles. The maximum Gasteiger partial charge on any atom is 0.131 e. The Hall–Kier alpha value is -1.09. The fraction of sp³-hybridized carbons (Fsp3) is 0.688. The molecule has 1 aromatic rings. The summed E-state index contributed by atoms with van der Waals surface area (Å²) in [5.41, 5.74) is 2.59. The first-order valence-corrected chi connectivity index (χ1v) is 7.65. The van der Waals surface area contributed by atoms with Crippen molar-refractivity contribution in [3.05, 3.63) is 23.4 Å². The van der Waals surface area contributed by atoms with Crippen LogP contribution in [0.25, 0.3) is 0 Å². The van der Waals surface area contributed by atoms with Crippen molar-refractivity contribution in [3.63, 3.8) is 0 Å². The zero-order chi connectivity index (χ0) is 13.7. The van der Waals surface area contributed by atoms with E-state index in [1.165, 1.54) is 42.6 Å². The number of anilines is 1. The third-order valence-electron chi connectivity index (χ3n) is 4.01. The molecule has 0 aromatic carbocycles. The molecule has 2 heterocycles. The minimum Gasteiger partial charge on any atom is -0.354 e. The monoisotopic (exact) mass is 261 g/mol. The lowest BCUT2D eigenvalue weighted by atomic mass is 10.1. The molecule has 1 atom stereocenters. The van der Waals surface area contributed by atoms with Crippen LogP contribution in [-0.2, 0) is 6.54 Å². The predicted molar refractivity (Wildman–Crippen MR) is 81.6 cm³/mol. The first kappa shape index (κ1) is 14.3. The van der Waals surface area contributed by atoms with E-state index in [0.717, 1.165) is 19.6 Å². The van der Waals surface area contributed by atoms with Gasteiger partial charge in [0, 0.05) is 25.3 Å². The summed E-state index contributed by atoms with van der Waals surface area (Å²) in [6.45, 7) is 9.73. The van der Waals surface area contributed by atoms with Crippen LogP contribution in [0.1, 0.15) is 50.7 Å². The lowest BCUT2D eigenvalue weighted by molar-refractivity contribution is 0.609. The van der Waals surface area contributed by atoms with Gasteiger partial charge in [0.2, 0.25) is 0 Å². The molecular weight excluding hydrogens is 234 g/mol. The Kier molecular flexibility index (Phi) is 5.20. The first-order chi connectivity index (χ1) is 9.22. The van der Waals surface area contributed by atoms with Crippen molar-refractivity contribution in [1.29, 1.82) is 0 Å². The van der Waals surface area contributed by atoms with E-state index in [2.05, 4.69) is 37.1 Å². The fourth-order valence-corrected chi connectivity index (χ4v) is 2.88. The molecule has 1 unspecified atom stereocenters. The van der Waals surface area contributed by atoms with Crippen molar-refractivity contribution in [1.82, 2.24) is 10.3 Å². The van der Waals surface area contributed by atoms with E-state index in [1.54, 1.807) is 0 Å². The standard InChI is InChI=1S/C16H27N3/c1-4-17-11-15-10-13(2)16(18-12-15)19-9-7-5-6-8-14(19)3/h10,12,14,17H,4-9,11H2,1-3H3. The second kappa shape index (κ2) is 6.90. The van der Waals surface area contributed by atoms with Gasteiger partial charge in [-0.3, -0.25) is 0 Å². The van der Waals surface area contributed by atoms with E-state index >= 15 is 0 Å². The van der Waals surface area contributed by atoms with Crippen LogP contribution in [0, 0.1) is 6.92 Å². The topological polar surface area (TPSA) is 28.2 Å². The molecule has 0 amide bonds. The van der Waals surface area contributed by atoms with Gasteiger partial charge in [-0.05, 0) is 50.4 Å². The third-order valence-corrected chi connectivity index (χ3v) is 4.01. The quantitative estimate of drug-likeness (QED) is 0.901. The number of aromatic nitrogens is 1. The number of pyridine rings is 1. The van der Waals surface area contributed by atoms with Crippen molar-refractivity contribution in [3.8, 4) is 0 Å². The van der Waals surface area contributed by atoms with Crippen LogP contribution in [0.5, 0.6) is 0 Å². The number of aryl methyl sites for hydroxylation is 1. The summed E-state index contributed by atoms with van der Waals surface area (Å²) in [4.78, 5) is 7.23. The number of hydrogen-bond donors (Lipinski definition) is 1. The minimum atomic E-state index is 0.619. The van der Waals surface area contributed by atoms with Crippen LogP contribution in [0.3, 0.4) is 0 Å². The SMILES string of the molecule is CCNCc1cnc(N2CCCCCC2C)c(C)c1. The van der Waals surface area contributed by atoms with Crippen molar-refractivity contribution in [2.24, 2.45) is 0 Å². The molecular formula is C16H27N3. The molecule has 1 aromatic heterocycles. The number of nitrogens with zero attached hydrogens (tertiary/aromatic N) is 2. The van der Waals surface area contributed by atoms with Crippen LogP contribution in [0.15, 0.2) is 12.3 Å². The number of hydrogen-bond acceptors (Lipinski definition) is 3. The number of nitrogens with one attached hydrogen (secondary N) is 1. The summed E-state index contributed by atoms with van der Waals surface area (Å²) in [5, 5.41) is 3.36. The average molecular weight is 261 g/mol. The van der Waals surface area contributed by atoms with E-state index < -0.39 is 0 Å². The van der Waals surface area contributed by atoms with Crippen molar-refractivity contribution < 1.29 is 0 Å². The van der Waals surface area contributed by atoms with Crippen LogP contribution in [0.2, 0.25) is 0 Å². The van der Waals surface area contributed by atoms with Gasteiger partial charge in [-0.15, -0.1) is 0 Å². The van der Waals surface area contributed by atoms with E-state index in [9.17, 15) is 0 Å². The lowest BCUT2D eigenvalue weighted by Gasteiger charge is -2.29. The Morgan fingerprint density at radius 1 is 1.37 bits per heavy atom. The van der Waals surface area contributed by atoms with Crippen LogP contribution < -0.4 is 10.2 Å². The van der Waals surface area contributed by atoms with Gasteiger partial charge < -0.3 is 10.2 Å². The lowest BCUT2D eigenvalue weighted by Crippen LogP contribution is -2.33. The van der Waals surface area contributed by atoms with Crippen LogP contribution in [-0.4, -0.2) is 24.1 Å². The third kappa shape index (κ3) is 3.69. The smallest absolute Gasteiger partial charge is 0.131 e.